The molecule has 0 aliphatic carbocycles. The molecule has 1 saturated heterocycles. The van der Waals surface area contributed by atoms with Crippen LogP contribution in [0.2, 0.25) is 0 Å². The summed E-state index contributed by atoms with van der Waals surface area (Å²) in [5.74, 6) is 1.17. The van der Waals surface area contributed by atoms with Crippen molar-refractivity contribution in [2.75, 3.05) is 5.75 Å². The van der Waals surface area contributed by atoms with E-state index in [-0.39, 0.29) is 5.54 Å². The lowest BCUT2D eigenvalue weighted by atomic mass is 10.0. The number of thiophene rings is 1. The normalized spacial score (nSPS) is 22.8. The minimum absolute atomic E-state index is 0.198. The molecule has 1 aromatic rings. The number of aliphatic imine (C=N–C) groups is 1. The molecule has 18 heavy (non-hydrogen) atoms. The summed E-state index contributed by atoms with van der Waals surface area (Å²) in [7, 11) is 0. The monoisotopic (exact) mass is 282 g/mol. The Morgan fingerprint density at radius 2 is 2.22 bits per heavy atom. The zero-order valence-electron chi connectivity index (χ0n) is 11.6. The Labute approximate surface area is 118 Å². The third kappa shape index (κ3) is 4.02. The Kier molecular flexibility index (Phi) is 4.38. The molecule has 1 aliphatic heterocycles. The maximum atomic E-state index is 4.81. The van der Waals surface area contributed by atoms with Gasteiger partial charge in [0.15, 0.2) is 5.17 Å². The Bertz CT molecular complexity index is 435. The van der Waals surface area contributed by atoms with Crippen molar-refractivity contribution in [2.45, 2.75) is 52.1 Å². The molecular weight excluding hydrogens is 260 g/mol. The first kappa shape index (κ1) is 13.9. The van der Waals surface area contributed by atoms with E-state index in [4.69, 9.17) is 4.99 Å². The van der Waals surface area contributed by atoms with E-state index in [0.717, 1.165) is 11.6 Å². The van der Waals surface area contributed by atoms with Crippen LogP contribution in [0.1, 0.15) is 36.9 Å². The molecule has 2 rings (SSSR count). The number of aryl methyl sites for hydroxylation is 1. The molecule has 1 aromatic heterocycles. The topological polar surface area (TPSA) is 24.4 Å². The molecular formula is C14H22N2S2. The molecule has 0 amide bonds. The number of hydrogen-bond donors (Lipinski definition) is 1. The average molecular weight is 282 g/mol. The highest BCUT2D eigenvalue weighted by atomic mass is 32.2. The zero-order chi connectivity index (χ0) is 13.2. The summed E-state index contributed by atoms with van der Waals surface area (Å²) in [6, 6.07) is 4.77. The van der Waals surface area contributed by atoms with Gasteiger partial charge < -0.3 is 5.32 Å². The van der Waals surface area contributed by atoms with Crippen LogP contribution < -0.4 is 5.32 Å². The molecule has 0 aromatic carbocycles. The number of thioether (sulfide) groups is 1. The molecule has 2 heterocycles. The quantitative estimate of drug-likeness (QED) is 0.910. The van der Waals surface area contributed by atoms with E-state index in [9.17, 15) is 0 Å². The second kappa shape index (κ2) is 5.66. The molecule has 0 spiro atoms. The van der Waals surface area contributed by atoms with Crippen LogP contribution in [-0.2, 0) is 6.42 Å². The van der Waals surface area contributed by atoms with Crippen molar-refractivity contribution in [3.8, 4) is 0 Å². The molecule has 2 nitrogen and oxygen atoms in total. The fourth-order valence-electron chi connectivity index (χ4n) is 1.99. The van der Waals surface area contributed by atoms with Crippen LogP contribution in [0.15, 0.2) is 17.1 Å². The predicted octanol–water partition coefficient (Wildman–Crippen LogP) is 3.85. The van der Waals surface area contributed by atoms with Crippen LogP contribution in [-0.4, -0.2) is 22.5 Å². The zero-order valence-corrected chi connectivity index (χ0v) is 13.3. The largest absolute Gasteiger partial charge is 0.360 e. The van der Waals surface area contributed by atoms with E-state index in [0.29, 0.717) is 6.04 Å². The van der Waals surface area contributed by atoms with Crippen molar-refractivity contribution < 1.29 is 0 Å². The summed E-state index contributed by atoms with van der Waals surface area (Å²) in [5, 5.41) is 4.65. The molecule has 0 radical (unpaired) electrons. The highest BCUT2D eigenvalue weighted by Crippen LogP contribution is 2.23. The lowest BCUT2D eigenvalue weighted by Gasteiger charge is -2.32. The standard InChI is InChI=1S/C14H22N2S2/c1-10(9-12-6-5-11(2)18-12)15-13-16-14(3,4)7-8-17-13/h5-6,10H,7-9H2,1-4H3,(H,15,16). The van der Waals surface area contributed by atoms with E-state index in [2.05, 4.69) is 45.1 Å². The fraction of sp³-hybridized carbons (Fsp3) is 0.643. The predicted molar refractivity (Wildman–Crippen MR) is 83.9 cm³/mol. The lowest BCUT2D eigenvalue weighted by molar-refractivity contribution is 0.445. The van der Waals surface area contributed by atoms with Gasteiger partial charge in [0.2, 0.25) is 0 Å². The third-order valence-corrected chi connectivity index (χ3v) is 4.95. The Morgan fingerprint density at radius 1 is 1.44 bits per heavy atom. The maximum absolute atomic E-state index is 4.81. The van der Waals surface area contributed by atoms with E-state index >= 15 is 0 Å². The molecule has 1 atom stereocenters. The minimum Gasteiger partial charge on any atom is -0.360 e. The van der Waals surface area contributed by atoms with Crippen LogP contribution in [0.3, 0.4) is 0 Å². The SMILES string of the molecule is Cc1ccc(CC(C)N=C2NC(C)(C)CCS2)s1. The van der Waals surface area contributed by atoms with Crippen LogP contribution >= 0.6 is 23.1 Å². The van der Waals surface area contributed by atoms with Crippen LogP contribution in [0, 0.1) is 6.92 Å². The molecule has 1 aliphatic rings. The highest BCUT2D eigenvalue weighted by Gasteiger charge is 2.24. The molecule has 1 unspecified atom stereocenters. The van der Waals surface area contributed by atoms with Gasteiger partial charge in [-0.2, -0.15) is 0 Å². The number of hydrogen-bond acceptors (Lipinski definition) is 3. The number of amidine groups is 1. The minimum atomic E-state index is 0.198. The van der Waals surface area contributed by atoms with Gasteiger partial charge in [0.1, 0.15) is 0 Å². The van der Waals surface area contributed by atoms with Crippen molar-refractivity contribution in [3.05, 3.63) is 21.9 Å². The van der Waals surface area contributed by atoms with Crippen LogP contribution in [0.25, 0.3) is 0 Å². The Hall–Kier alpha value is -0.480. The Balaban J connectivity index is 1.95. The number of nitrogens with one attached hydrogen (secondary N) is 1. The summed E-state index contributed by atoms with van der Waals surface area (Å²) >= 11 is 3.73. The molecule has 0 bridgehead atoms. The molecule has 1 N–H and O–H groups in total. The lowest BCUT2D eigenvalue weighted by Crippen LogP contribution is -2.46. The molecule has 4 heteroatoms. The first-order valence-electron chi connectivity index (χ1n) is 6.49. The van der Waals surface area contributed by atoms with Gasteiger partial charge in [-0.25, -0.2) is 0 Å². The van der Waals surface area contributed by atoms with E-state index in [1.165, 1.54) is 21.9 Å². The number of nitrogens with zero attached hydrogens (tertiary/aromatic N) is 1. The van der Waals surface area contributed by atoms with Crippen molar-refractivity contribution in [1.82, 2.24) is 5.32 Å². The maximum Gasteiger partial charge on any atom is 0.157 e. The molecule has 100 valence electrons. The molecule has 0 saturated carbocycles. The molecule has 1 fully saturated rings. The Morgan fingerprint density at radius 3 is 2.83 bits per heavy atom. The fourth-order valence-corrected chi connectivity index (χ4v) is 4.41. The van der Waals surface area contributed by atoms with Gasteiger partial charge >= 0.3 is 0 Å². The highest BCUT2D eigenvalue weighted by molar-refractivity contribution is 8.13. The summed E-state index contributed by atoms with van der Waals surface area (Å²) in [4.78, 5) is 7.63. The summed E-state index contributed by atoms with van der Waals surface area (Å²) in [6.07, 6.45) is 2.25. The van der Waals surface area contributed by atoms with E-state index in [1.807, 2.05) is 23.1 Å². The van der Waals surface area contributed by atoms with Crippen molar-refractivity contribution in [2.24, 2.45) is 4.99 Å². The van der Waals surface area contributed by atoms with Gasteiger partial charge in [0, 0.05) is 27.5 Å². The number of rotatable bonds is 3. The van der Waals surface area contributed by atoms with Crippen molar-refractivity contribution in [3.63, 3.8) is 0 Å². The van der Waals surface area contributed by atoms with Gasteiger partial charge in [0.25, 0.3) is 0 Å². The second-order valence-corrected chi connectivity index (χ2v) is 8.06. The first-order valence-corrected chi connectivity index (χ1v) is 8.29. The summed E-state index contributed by atoms with van der Waals surface area (Å²) in [5.41, 5.74) is 0.198. The van der Waals surface area contributed by atoms with Gasteiger partial charge in [-0.15, -0.1) is 11.3 Å². The van der Waals surface area contributed by atoms with Crippen LogP contribution in [0.5, 0.6) is 0 Å². The van der Waals surface area contributed by atoms with E-state index < -0.39 is 0 Å². The van der Waals surface area contributed by atoms with Crippen LogP contribution in [0.4, 0.5) is 0 Å². The van der Waals surface area contributed by atoms with Crippen molar-refractivity contribution in [1.29, 1.82) is 0 Å². The summed E-state index contributed by atoms with van der Waals surface area (Å²) < 4.78 is 0. The average Bonchev–Trinajstić information content (AvgIpc) is 2.62. The van der Waals surface area contributed by atoms with Gasteiger partial charge in [0.05, 0.1) is 6.04 Å². The second-order valence-electron chi connectivity index (χ2n) is 5.61. The third-order valence-electron chi connectivity index (χ3n) is 3.04. The smallest absolute Gasteiger partial charge is 0.157 e. The van der Waals surface area contributed by atoms with Gasteiger partial charge in [-0.1, -0.05) is 11.8 Å². The van der Waals surface area contributed by atoms with Gasteiger partial charge in [-0.3, -0.25) is 4.99 Å². The van der Waals surface area contributed by atoms with Crippen molar-refractivity contribution >= 4 is 28.3 Å². The summed E-state index contributed by atoms with van der Waals surface area (Å²) in [6.45, 7) is 8.85. The first-order chi connectivity index (χ1) is 8.44. The van der Waals surface area contributed by atoms with Gasteiger partial charge in [-0.05, 0) is 46.2 Å². The van der Waals surface area contributed by atoms with E-state index in [1.54, 1.807) is 0 Å².